The molecule has 0 aliphatic heterocycles. The third-order valence-corrected chi connectivity index (χ3v) is 7.22. The second-order valence-corrected chi connectivity index (χ2v) is 9.90. The molecular formula is C27H28ClFN2O3S. The van der Waals surface area contributed by atoms with Crippen LogP contribution in [0.1, 0.15) is 49.3 Å². The average Bonchev–Trinajstić information content (AvgIpc) is 3.36. The normalized spacial score (nSPS) is 14.8. The van der Waals surface area contributed by atoms with Gasteiger partial charge >= 0.3 is 0 Å². The molecule has 2 amide bonds. The highest BCUT2D eigenvalue weighted by molar-refractivity contribution is 7.08. The highest BCUT2D eigenvalue weighted by Crippen LogP contribution is 2.38. The van der Waals surface area contributed by atoms with Gasteiger partial charge in [0.15, 0.2) is 0 Å². The van der Waals surface area contributed by atoms with E-state index in [0.29, 0.717) is 22.0 Å². The second-order valence-electron chi connectivity index (χ2n) is 8.69. The van der Waals surface area contributed by atoms with Crippen LogP contribution in [0.25, 0.3) is 0 Å². The van der Waals surface area contributed by atoms with E-state index < -0.39 is 11.9 Å². The Labute approximate surface area is 213 Å². The molecule has 4 rings (SSSR count). The van der Waals surface area contributed by atoms with Crippen LogP contribution < -0.4 is 15.0 Å². The summed E-state index contributed by atoms with van der Waals surface area (Å²) >= 11 is 7.83. The van der Waals surface area contributed by atoms with E-state index in [1.165, 1.54) is 35.5 Å². The molecule has 1 heterocycles. The van der Waals surface area contributed by atoms with Crippen molar-refractivity contribution < 1.29 is 18.7 Å². The first-order chi connectivity index (χ1) is 17.0. The fourth-order valence-corrected chi connectivity index (χ4v) is 5.35. The van der Waals surface area contributed by atoms with E-state index in [9.17, 15) is 14.0 Å². The molecule has 0 radical (unpaired) electrons. The predicted molar refractivity (Wildman–Crippen MR) is 138 cm³/mol. The predicted octanol–water partition coefficient (Wildman–Crippen LogP) is 6.32. The fraction of sp³-hybridized carbons (Fsp3) is 0.333. The zero-order valence-corrected chi connectivity index (χ0v) is 21.1. The Balaban J connectivity index is 1.80. The van der Waals surface area contributed by atoms with Crippen molar-refractivity contribution >= 4 is 40.4 Å². The van der Waals surface area contributed by atoms with E-state index in [4.69, 9.17) is 16.3 Å². The molecule has 1 aliphatic rings. The highest BCUT2D eigenvalue weighted by atomic mass is 35.5. The monoisotopic (exact) mass is 514 g/mol. The minimum atomic E-state index is -1.03. The Hall–Kier alpha value is -2.90. The highest BCUT2D eigenvalue weighted by Gasteiger charge is 2.35. The van der Waals surface area contributed by atoms with Gasteiger partial charge in [0.1, 0.15) is 17.6 Å². The van der Waals surface area contributed by atoms with Crippen LogP contribution in [0.3, 0.4) is 0 Å². The van der Waals surface area contributed by atoms with Crippen LogP contribution in [0.2, 0.25) is 5.02 Å². The Kier molecular flexibility index (Phi) is 8.42. The number of nitrogens with one attached hydrogen (secondary N) is 1. The van der Waals surface area contributed by atoms with Crippen molar-refractivity contribution in [2.45, 2.75) is 50.6 Å². The number of halogens is 2. The fourth-order valence-electron chi connectivity index (χ4n) is 4.51. The van der Waals surface area contributed by atoms with Crippen molar-refractivity contribution in [2.24, 2.45) is 0 Å². The quantitative estimate of drug-likeness (QED) is 0.383. The van der Waals surface area contributed by atoms with E-state index in [1.54, 1.807) is 30.3 Å². The largest absolute Gasteiger partial charge is 0.495 e. The van der Waals surface area contributed by atoms with E-state index in [0.717, 1.165) is 37.7 Å². The van der Waals surface area contributed by atoms with E-state index in [-0.39, 0.29) is 24.3 Å². The minimum absolute atomic E-state index is 0.0364. The topological polar surface area (TPSA) is 58.6 Å². The van der Waals surface area contributed by atoms with Crippen LogP contribution >= 0.6 is 22.9 Å². The van der Waals surface area contributed by atoms with Gasteiger partial charge in [0.05, 0.1) is 19.2 Å². The maximum Gasteiger partial charge on any atom is 0.248 e. The average molecular weight is 515 g/mol. The lowest BCUT2D eigenvalue weighted by atomic mass is 9.94. The Morgan fingerprint density at radius 1 is 1.14 bits per heavy atom. The summed E-state index contributed by atoms with van der Waals surface area (Å²) in [4.78, 5) is 29.1. The molecule has 1 aromatic heterocycles. The molecule has 2 aromatic carbocycles. The van der Waals surface area contributed by atoms with Crippen LogP contribution in [0.15, 0.2) is 59.3 Å². The molecule has 0 unspecified atom stereocenters. The Bertz CT molecular complexity index is 1150. The zero-order valence-electron chi connectivity index (χ0n) is 19.5. The lowest BCUT2D eigenvalue weighted by molar-refractivity contribution is -0.127. The summed E-state index contributed by atoms with van der Waals surface area (Å²) in [6.45, 7) is 0. The molecule has 3 aromatic rings. The first-order valence-electron chi connectivity index (χ1n) is 11.7. The van der Waals surface area contributed by atoms with Crippen molar-refractivity contribution in [1.29, 1.82) is 0 Å². The van der Waals surface area contributed by atoms with Crippen molar-refractivity contribution in [3.8, 4) is 5.75 Å². The van der Waals surface area contributed by atoms with Gasteiger partial charge in [-0.05, 0) is 71.1 Å². The van der Waals surface area contributed by atoms with Gasteiger partial charge in [0.2, 0.25) is 11.8 Å². The van der Waals surface area contributed by atoms with Crippen LogP contribution in [-0.2, 0) is 16.0 Å². The third-order valence-electron chi connectivity index (χ3n) is 6.25. The standard InChI is InChI=1S/C27H28ClFN2O3S/c1-34-24-12-9-20(28)16-23(24)31(25(32)15-18-13-14-35-17-18)26(19-7-10-21(29)11-8-19)27(33)30-22-5-3-2-4-6-22/h7-14,16-17,22,26H,2-6,15H2,1H3,(H,30,33)/t26-/m1/s1. The number of carbonyl (C=O) groups excluding carboxylic acids is 2. The molecule has 1 atom stereocenters. The molecule has 5 nitrogen and oxygen atoms in total. The number of nitrogens with zero attached hydrogens (tertiary/aromatic N) is 1. The van der Waals surface area contributed by atoms with Crippen LogP contribution in [0.5, 0.6) is 5.75 Å². The number of rotatable bonds is 8. The number of hydrogen-bond donors (Lipinski definition) is 1. The number of thiophene rings is 1. The van der Waals surface area contributed by atoms with Gasteiger partial charge in [-0.2, -0.15) is 11.3 Å². The number of hydrogen-bond acceptors (Lipinski definition) is 4. The number of anilines is 1. The summed E-state index contributed by atoms with van der Waals surface area (Å²) in [6, 6.07) is 11.5. The summed E-state index contributed by atoms with van der Waals surface area (Å²) in [7, 11) is 1.50. The van der Waals surface area contributed by atoms with E-state index in [2.05, 4.69) is 5.32 Å². The first-order valence-corrected chi connectivity index (χ1v) is 13.0. The lowest BCUT2D eigenvalue weighted by Gasteiger charge is -2.34. The molecule has 0 bridgehead atoms. The third kappa shape index (κ3) is 6.21. The molecule has 1 fully saturated rings. The van der Waals surface area contributed by atoms with Crippen molar-refractivity contribution in [1.82, 2.24) is 5.32 Å². The van der Waals surface area contributed by atoms with Crippen LogP contribution in [-0.4, -0.2) is 25.0 Å². The van der Waals surface area contributed by atoms with Crippen LogP contribution in [0, 0.1) is 5.82 Å². The van der Waals surface area contributed by atoms with Crippen molar-refractivity contribution in [3.63, 3.8) is 0 Å². The molecular weight excluding hydrogens is 487 g/mol. The SMILES string of the molecule is COc1ccc(Cl)cc1N(C(=O)Cc1ccsc1)[C@@H](C(=O)NC1CCCCC1)c1ccc(F)cc1. The van der Waals surface area contributed by atoms with Gasteiger partial charge < -0.3 is 10.1 Å². The van der Waals surface area contributed by atoms with E-state index in [1.807, 2.05) is 16.8 Å². The summed E-state index contributed by atoms with van der Waals surface area (Å²) in [6.07, 6.45) is 5.13. The maximum atomic E-state index is 13.8. The molecule has 35 heavy (non-hydrogen) atoms. The maximum absolute atomic E-state index is 13.8. The van der Waals surface area contributed by atoms with Crippen molar-refractivity contribution in [2.75, 3.05) is 12.0 Å². The molecule has 0 saturated heterocycles. The minimum Gasteiger partial charge on any atom is -0.495 e. The number of carbonyl (C=O) groups is 2. The van der Waals surface area contributed by atoms with Gasteiger partial charge in [-0.3, -0.25) is 14.5 Å². The molecule has 8 heteroatoms. The second kappa shape index (κ2) is 11.7. The number of amides is 2. The summed E-state index contributed by atoms with van der Waals surface area (Å²) in [5, 5.41) is 7.36. The lowest BCUT2D eigenvalue weighted by Crippen LogP contribution is -2.47. The molecule has 184 valence electrons. The van der Waals surface area contributed by atoms with Gasteiger partial charge in [0.25, 0.3) is 0 Å². The van der Waals surface area contributed by atoms with Gasteiger partial charge in [-0.1, -0.05) is 43.0 Å². The summed E-state index contributed by atoms with van der Waals surface area (Å²) in [5.74, 6) is -0.622. The van der Waals surface area contributed by atoms with Gasteiger partial charge in [0, 0.05) is 11.1 Å². The van der Waals surface area contributed by atoms with Crippen LogP contribution in [0.4, 0.5) is 10.1 Å². The van der Waals surface area contributed by atoms with Crippen molar-refractivity contribution in [3.05, 3.63) is 81.3 Å². The van der Waals surface area contributed by atoms with Gasteiger partial charge in [-0.15, -0.1) is 0 Å². The first kappa shape index (κ1) is 25.2. The zero-order chi connectivity index (χ0) is 24.8. The molecule has 1 N–H and O–H groups in total. The molecule has 0 spiro atoms. The summed E-state index contributed by atoms with van der Waals surface area (Å²) < 4.78 is 19.4. The van der Waals surface area contributed by atoms with E-state index >= 15 is 0 Å². The Morgan fingerprint density at radius 2 is 1.89 bits per heavy atom. The number of ether oxygens (including phenoxy) is 1. The summed E-state index contributed by atoms with van der Waals surface area (Å²) in [5.41, 5.74) is 1.73. The number of methoxy groups -OCH3 is 1. The Morgan fingerprint density at radius 3 is 2.54 bits per heavy atom. The smallest absolute Gasteiger partial charge is 0.248 e. The van der Waals surface area contributed by atoms with Gasteiger partial charge in [-0.25, -0.2) is 4.39 Å². The molecule has 1 aliphatic carbocycles. The number of benzene rings is 2. The molecule has 1 saturated carbocycles.